The second kappa shape index (κ2) is 4.55. The second-order valence-corrected chi connectivity index (χ2v) is 6.42. The largest absolute Gasteiger partial charge is 0.466 e. The van der Waals surface area contributed by atoms with Crippen LogP contribution in [0.4, 0.5) is 0 Å². The van der Waals surface area contributed by atoms with E-state index in [1.54, 1.807) is 20.8 Å². The number of ether oxygens (including phenoxy) is 2. The summed E-state index contributed by atoms with van der Waals surface area (Å²) in [4.78, 5) is 37.2. The third kappa shape index (κ3) is 1.79. The van der Waals surface area contributed by atoms with Crippen molar-refractivity contribution in [2.75, 3.05) is 14.2 Å². The highest BCUT2D eigenvalue weighted by Crippen LogP contribution is 2.60. The van der Waals surface area contributed by atoms with Gasteiger partial charge in [0.15, 0.2) is 0 Å². The molecule has 3 aliphatic rings. The van der Waals surface area contributed by atoms with Crippen LogP contribution >= 0.6 is 0 Å². The van der Waals surface area contributed by atoms with E-state index in [0.29, 0.717) is 6.42 Å². The van der Waals surface area contributed by atoms with Crippen LogP contribution in [0, 0.1) is 16.7 Å². The summed E-state index contributed by atoms with van der Waals surface area (Å²) in [5.74, 6) is -1.85. The zero-order valence-electron chi connectivity index (χ0n) is 13.0. The van der Waals surface area contributed by atoms with Crippen molar-refractivity contribution in [1.82, 2.24) is 0 Å². The Balaban J connectivity index is 2.85. The number of carbonyl (C=O) groups is 3. The van der Waals surface area contributed by atoms with Crippen molar-refractivity contribution in [2.45, 2.75) is 27.2 Å². The fourth-order valence-corrected chi connectivity index (χ4v) is 3.96. The first kappa shape index (κ1) is 15.5. The molecule has 2 atom stereocenters. The van der Waals surface area contributed by atoms with E-state index in [1.807, 2.05) is 0 Å². The van der Waals surface area contributed by atoms with Gasteiger partial charge in [-0.05, 0) is 13.3 Å². The van der Waals surface area contributed by atoms with Crippen LogP contribution < -0.4 is 0 Å². The maximum atomic E-state index is 12.8. The Morgan fingerprint density at radius 1 is 1.14 bits per heavy atom. The number of hydrogen-bond donors (Lipinski definition) is 0. The molecule has 3 rings (SSSR count). The Kier molecular flexibility index (Phi) is 3.35. The molecular weight excluding hydrogens is 272 g/mol. The topological polar surface area (TPSA) is 69.7 Å². The predicted octanol–water partition coefficient (Wildman–Crippen LogP) is 1.82. The molecule has 2 bridgehead atoms. The molecule has 0 saturated heterocycles. The Bertz CT molecular complexity index is 596. The van der Waals surface area contributed by atoms with Gasteiger partial charge in [0.2, 0.25) is 0 Å². The SMILES string of the molecule is C=C1CC2(C)C(=O)C(C)(C)C1C(C(=O)OC)=C2C(=O)OC. The maximum Gasteiger partial charge on any atom is 0.335 e. The number of methoxy groups -OCH3 is 2. The normalized spacial score (nSPS) is 30.4. The zero-order chi connectivity index (χ0) is 16.2. The number of esters is 2. The Labute approximate surface area is 124 Å². The van der Waals surface area contributed by atoms with Gasteiger partial charge in [0.1, 0.15) is 5.78 Å². The van der Waals surface area contributed by atoms with E-state index in [2.05, 4.69) is 6.58 Å². The fraction of sp³-hybridized carbons (Fsp3) is 0.562. The smallest absolute Gasteiger partial charge is 0.335 e. The summed E-state index contributed by atoms with van der Waals surface area (Å²) in [6.07, 6.45) is 0.352. The van der Waals surface area contributed by atoms with Crippen molar-refractivity contribution < 1.29 is 23.9 Å². The summed E-state index contributed by atoms with van der Waals surface area (Å²) >= 11 is 0. The molecule has 1 saturated carbocycles. The van der Waals surface area contributed by atoms with E-state index in [9.17, 15) is 14.4 Å². The van der Waals surface area contributed by atoms with Gasteiger partial charge >= 0.3 is 11.9 Å². The van der Waals surface area contributed by atoms with Crippen LogP contribution in [-0.4, -0.2) is 31.9 Å². The van der Waals surface area contributed by atoms with E-state index < -0.39 is 28.7 Å². The van der Waals surface area contributed by atoms with Crippen LogP contribution in [0.5, 0.6) is 0 Å². The Hall–Kier alpha value is -1.91. The van der Waals surface area contributed by atoms with E-state index in [1.165, 1.54) is 14.2 Å². The fourth-order valence-electron chi connectivity index (χ4n) is 3.96. The van der Waals surface area contributed by atoms with Gasteiger partial charge in [-0.3, -0.25) is 4.79 Å². The molecule has 0 aromatic heterocycles. The van der Waals surface area contributed by atoms with Crippen LogP contribution in [0.15, 0.2) is 23.3 Å². The molecule has 0 aliphatic heterocycles. The number of Topliss-reactive ketones (excluding diaryl/α,β-unsaturated/α-hetero) is 1. The van der Waals surface area contributed by atoms with Crippen molar-refractivity contribution in [2.24, 2.45) is 16.7 Å². The van der Waals surface area contributed by atoms with Crippen LogP contribution in [-0.2, 0) is 23.9 Å². The van der Waals surface area contributed by atoms with Gasteiger partial charge in [0.25, 0.3) is 0 Å². The second-order valence-electron chi connectivity index (χ2n) is 6.42. The van der Waals surface area contributed by atoms with Crippen molar-refractivity contribution in [3.05, 3.63) is 23.3 Å². The lowest BCUT2D eigenvalue weighted by atomic mass is 9.47. The first-order chi connectivity index (χ1) is 9.62. The highest BCUT2D eigenvalue weighted by atomic mass is 16.5. The number of allylic oxidation sites excluding steroid dienone is 1. The first-order valence-electron chi connectivity index (χ1n) is 6.76. The minimum Gasteiger partial charge on any atom is -0.466 e. The summed E-state index contributed by atoms with van der Waals surface area (Å²) in [7, 11) is 2.49. The van der Waals surface area contributed by atoms with Gasteiger partial charge in [-0.15, -0.1) is 0 Å². The summed E-state index contributed by atoms with van der Waals surface area (Å²) in [5, 5.41) is 0. The van der Waals surface area contributed by atoms with Crippen LogP contribution in [0.1, 0.15) is 27.2 Å². The van der Waals surface area contributed by atoms with Crippen molar-refractivity contribution in [3.63, 3.8) is 0 Å². The van der Waals surface area contributed by atoms with Crippen molar-refractivity contribution >= 4 is 17.7 Å². The van der Waals surface area contributed by atoms with Crippen LogP contribution in [0.25, 0.3) is 0 Å². The molecule has 0 aromatic carbocycles. The maximum absolute atomic E-state index is 12.8. The minimum atomic E-state index is -1.09. The van der Waals surface area contributed by atoms with Crippen molar-refractivity contribution in [3.8, 4) is 0 Å². The molecule has 114 valence electrons. The van der Waals surface area contributed by atoms with E-state index >= 15 is 0 Å². The predicted molar refractivity (Wildman–Crippen MR) is 75.2 cm³/mol. The third-order valence-electron chi connectivity index (χ3n) is 4.70. The molecule has 0 radical (unpaired) electrons. The third-order valence-corrected chi connectivity index (χ3v) is 4.70. The Morgan fingerprint density at radius 2 is 1.67 bits per heavy atom. The molecule has 0 aromatic rings. The zero-order valence-corrected chi connectivity index (χ0v) is 13.0. The Morgan fingerprint density at radius 3 is 2.14 bits per heavy atom. The molecule has 1 fully saturated rings. The van der Waals surface area contributed by atoms with Crippen LogP contribution in [0.3, 0.4) is 0 Å². The summed E-state index contributed by atoms with van der Waals surface area (Å²) in [6.45, 7) is 9.24. The molecule has 5 nitrogen and oxygen atoms in total. The highest BCUT2D eigenvalue weighted by molar-refractivity contribution is 6.12. The van der Waals surface area contributed by atoms with Gasteiger partial charge < -0.3 is 9.47 Å². The number of hydrogen-bond acceptors (Lipinski definition) is 5. The quantitative estimate of drug-likeness (QED) is 0.573. The molecule has 21 heavy (non-hydrogen) atoms. The number of fused-ring (bicyclic) bond motifs is 2. The lowest BCUT2D eigenvalue weighted by molar-refractivity contribution is -0.150. The van der Waals surface area contributed by atoms with Gasteiger partial charge in [0.05, 0.1) is 30.8 Å². The number of rotatable bonds is 2. The highest BCUT2D eigenvalue weighted by Gasteiger charge is 2.63. The molecule has 3 aliphatic carbocycles. The number of carbonyl (C=O) groups excluding carboxylic acids is 3. The van der Waals surface area contributed by atoms with Gasteiger partial charge in [-0.25, -0.2) is 9.59 Å². The minimum absolute atomic E-state index is 0.0690. The van der Waals surface area contributed by atoms with E-state index in [4.69, 9.17) is 9.47 Å². The van der Waals surface area contributed by atoms with Gasteiger partial charge in [-0.2, -0.15) is 0 Å². The molecule has 0 amide bonds. The standard InChI is InChI=1S/C16H20O5/c1-8-7-16(4)11(13(18)21-6)9(12(17)20-5)10(8)15(2,3)14(16)19/h10H,1,7H2,2-6H3. The van der Waals surface area contributed by atoms with Gasteiger partial charge in [0, 0.05) is 11.3 Å². The summed E-state index contributed by atoms with van der Waals surface area (Å²) in [6, 6.07) is 0. The molecule has 5 heteroatoms. The molecule has 0 spiro atoms. The van der Waals surface area contributed by atoms with Gasteiger partial charge in [-0.1, -0.05) is 26.0 Å². The number of ketones is 1. The van der Waals surface area contributed by atoms with E-state index in [-0.39, 0.29) is 16.9 Å². The first-order valence-corrected chi connectivity index (χ1v) is 6.76. The van der Waals surface area contributed by atoms with Crippen molar-refractivity contribution in [1.29, 1.82) is 0 Å². The van der Waals surface area contributed by atoms with E-state index in [0.717, 1.165) is 5.57 Å². The average molecular weight is 292 g/mol. The average Bonchev–Trinajstić information content (AvgIpc) is 2.42. The summed E-state index contributed by atoms with van der Waals surface area (Å²) in [5.41, 5.74) is -0.779. The lowest BCUT2D eigenvalue weighted by Crippen LogP contribution is -2.57. The van der Waals surface area contributed by atoms with Crippen LogP contribution in [0.2, 0.25) is 0 Å². The molecule has 0 N–H and O–H groups in total. The molecule has 2 unspecified atom stereocenters. The molecular formula is C16H20O5. The monoisotopic (exact) mass is 292 g/mol. The lowest BCUT2D eigenvalue weighted by Gasteiger charge is -2.53. The summed E-state index contributed by atoms with van der Waals surface area (Å²) < 4.78 is 9.63. The molecule has 0 heterocycles.